The normalized spacial score (nSPS) is 12.3. The van der Waals surface area contributed by atoms with Gasteiger partial charge >= 0.3 is 5.97 Å². The molecule has 0 aliphatic rings. The van der Waals surface area contributed by atoms with E-state index >= 15 is 0 Å². The van der Waals surface area contributed by atoms with Crippen LogP contribution in [0.1, 0.15) is 97.8 Å². The summed E-state index contributed by atoms with van der Waals surface area (Å²) < 4.78 is 16.3. The lowest BCUT2D eigenvalue weighted by atomic mass is 10.00. The fourth-order valence-electron chi connectivity index (χ4n) is 2.92. The van der Waals surface area contributed by atoms with Crippen molar-refractivity contribution < 1.29 is 19.0 Å². The molecule has 26 heavy (non-hydrogen) atoms. The van der Waals surface area contributed by atoms with Crippen molar-refractivity contribution in [3.63, 3.8) is 0 Å². The zero-order chi connectivity index (χ0) is 19.3. The molecular formula is C22H44O4. The molecule has 0 heterocycles. The summed E-state index contributed by atoms with van der Waals surface area (Å²) in [5.41, 5.74) is 0. The van der Waals surface area contributed by atoms with Crippen LogP contribution in [0.3, 0.4) is 0 Å². The quantitative estimate of drug-likeness (QED) is 0.196. The molecule has 0 rings (SSSR count). The summed E-state index contributed by atoms with van der Waals surface area (Å²) in [6.45, 7) is 9.26. The molecule has 0 bridgehead atoms. The van der Waals surface area contributed by atoms with E-state index in [1.165, 1.54) is 44.9 Å². The highest BCUT2D eigenvalue weighted by molar-refractivity contribution is 5.72. The Morgan fingerprint density at radius 2 is 1.19 bits per heavy atom. The second kappa shape index (κ2) is 20.7. The Balaban J connectivity index is 3.27. The summed E-state index contributed by atoms with van der Waals surface area (Å²) in [4.78, 5) is 11.9. The molecule has 0 aromatic rings. The van der Waals surface area contributed by atoms with Crippen LogP contribution in [-0.2, 0) is 19.0 Å². The lowest BCUT2D eigenvalue weighted by Crippen LogP contribution is -2.20. The van der Waals surface area contributed by atoms with Gasteiger partial charge in [-0.25, -0.2) is 0 Å². The van der Waals surface area contributed by atoms with Crippen LogP contribution in [0.15, 0.2) is 0 Å². The molecule has 4 heteroatoms. The third kappa shape index (κ3) is 16.8. The Labute approximate surface area is 162 Å². The van der Waals surface area contributed by atoms with Gasteiger partial charge in [-0.2, -0.15) is 0 Å². The summed E-state index contributed by atoms with van der Waals surface area (Å²) in [6, 6.07) is 0. The zero-order valence-corrected chi connectivity index (χ0v) is 17.7. The van der Waals surface area contributed by atoms with Gasteiger partial charge < -0.3 is 14.2 Å². The van der Waals surface area contributed by atoms with Gasteiger partial charge in [0.05, 0.1) is 25.7 Å². The predicted octanol–water partition coefficient (Wildman–Crippen LogP) is 5.92. The molecule has 0 aromatic heterocycles. The molecule has 0 aliphatic heterocycles. The smallest absolute Gasteiger partial charge is 0.308 e. The second-order valence-corrected chi connectivity index (χ2v) is 7.11. The maximum absolute atomic E-state index is 11.9. The standard InChI is InChI=1S/C22H44O4/c1-4-7-9-10-11-12-13-14-16-24-17-18-25-19-20-26-22(23)21(6-3)15-8-5-2/h21H,4-20H2,1-3H3. The number of hydrogen-bond donors (Lipinski definition) is 0. The summed E-state index contributed by atoms with van der Waals surface area (Å²) in [7, 11) is 0. The first-order chi connectivity index (χ1) is 12.8. The largest absolute Gasteiger partial charge is 0.463 e. The van der Waals surface area contributed by atoms with Crippen LogP contribution in [0.5, 0.6) is 0 Å². The predicted molar refractivity (Wildman–Crippen MR) is 109 cm³/mol. The van der Waals surface area contributed by atoms with Gasteiger partial charge in [-0.1, -0.05) is 78.6 Å². The van der Waals surface area contributed by atoms with E-state index < -0.39 is 0 Å². The maximum Gasteiger partial charge on any atom is 0.308 e. The van der Waals surface area contributed by atoms with Gasteiger partial charge in [0.25, 0.3) is 0 Å². The van der Waals surface area contributed by atoms with Crippen LogP contribution >= 0.6 is 0 Å². The molecule has 0 saturated heterocycles. The molecule has 0 amide bonds. The molecule has 0 N–H and O–H groups in total. The van der Waals surface area contributed by atoms with Crippen LogP contribution in [0.25, 0.3) is 0 Å². The third-order valence-electron chi connectivity index (χ3n) is 4.72. The minimum absolute atomic E-state index is 0.0462. The van der Waals surface area contributed by atoms with E-state index in [2.05, 4.69) is 13.8 Å². The van der Waals surface area contributed by atoms with Gasteiger partial charge in [0.15, 0.2) is 0 Å². The topological polar surface area (TPSA) is 44.8 Å². The number of esters is 1. The lowest BCUT2D eigenvalue weighted by molar-refractivity contribution is -0.150. The summed E-state index contributed by atoms with van der Waals surface area (Å²) in [5.74, 6) is -0.0274. The molecule has 0 saturated carbocycles. The summed E-state index contributed by atoms with van der Waals surface area (Å²) in [6.07, 6.45) is 14.5. The van der Waals surface area contributed by atoms with Crippen molar-refractivity contribution in [1.29, 1.82) is 0 Å². The molecule has 0 aromatic carbocycles. The van der Waals surface area contributed by atoms with Crippen molar-refractivity contribution in [2.75, 3.05) is 33.0 Å². The Kier molecular flexibility index (Phi) is 20.2. The van der Waals surface area contributed by atoms with Gasteiger partial charge in [-0.05, 0) is 19.3 Å². The maximum atomic E-state index is 11.9. The zero-order valence-electron chi connectivity index (χ0n) is 17.7. The van der Waals surface area contributed by atoms with Crippen molar-refractivity contribution in [2.45, 2.75) is 97.8 Å². The van der Waals surface area contributed by atoms with E-state index in [0.717, 1.165) is 38.7 Å². The van der Waals surface area contributed by atoms with E-state index in [0.29, 0.717) is 26.4 Å². The van der Waals surface area contributed by atoms with Crippen molar-refractivity contribution >= 4 is 5.97 Å². The van der Waals surface area contributed by atoms with Crippen molar-refractivity contribution in [3.05, 3.63) is 0 Å². The molecule has 1 unspecified atom stereocenters. The fourth-order valence-corrected chi connectivity index (χ4v) is 2.92. The van der Waals surface area contributed by atoms with E-state index in [1.54, 1.807) is 0 Å². The first-order valence-electron chi connectivity index (χ1n) is 11.1. The number of carbonyl (C=O) groups is 1. The van der Waals surface area contributed by atoms with Crippen LogP contribution in [0.2, 0.25) is 0 Å². The molecule has 156 valence electrons. The molecule has 0 fully saturated rings. The van der Waals surface area contributed by atoms with Crippen LogP contribution in [-0.4, -0.2) is 39.0 Å². The molecule has 1 atom stereocenters. The number of carbonyl (C=O) groups excluding carboxylic acids is 1. The molecule has 4 nitrogen and oxygen atoms in total. The third-order valence-corrected chi connectivity index (χ3v) is 4.72. The Hall–Kier alpha value is -0.610. The lowest BCUT2D eigenvalue weighted by Gasteiger charge is -2.13. The Morgan fingerprint density at radius 3 is 1.81 bits per heavy atom. The Morgan fingerprint density at radius 1 is 0.654 bits per heavy atom. The molecular weight excluding hydrogens is 328 g/mol. The van der Waals surface area contributed by atoms with E-state index in [-0.39, 0.29) is 11.9 Å². The average Bonchev–Trinajstić information content (AvgIpc) is 2.65. The minimum Gasteiger partial charge on any atom is -0.463 e. The van der Waals surface area contributed by atoms with Crippen LogP contribution in [0.4, 0.5) is 0 Å². The number of hydrogen-bond acceptors (Lipinski definition) is 4. The first kappa shape index (κ1) is 25.4. The van der Waals surface area contributed by atoms with E-state index in [1.807, 2.05) is 6.92 Å². The van der Waals surface area contributed by atoms with Gasteiger partial charge in [0.1, 0.15) is 6.61 Å². The Bertz CT molecular complexity index is 294. The second-order valence-electron chi connectivity index (χ2n) is 7.11. The highest BCUT2D eigenvalue weighted by Crippen LogP contribution is 2.14. The summed E-state index contributed by atoms with van der Waals surface area (Å²) >= 11 is 0. The number of unbranched alkanes of at least 4 members (excludes halogenated alkanes) is 8. The summed E-state index contributed by atoms with van der Waals surface area (Å²) in [5, 5.41) is 0. The molecule has 0 radical (unpaired) electrons. The highest BCUT2D eigenvalue weighted by atomic mass is 16.6. The SMILES string of the molecule is CCCCCCCCCCOCCOCCOC(=O)C(CC)CCCC. The van der Waals surface area contributed by atoms with Crippen LogP contribution in [0, 0.1) is 5.92 Å². The van der Waals surface area contributed by atoms with Gasteiger partial charge in [0.2, 0.25) is 0 Å². The molecule has 0 spiro atoms. The van der Waals surface area contributed by atoms with Crippen molar-refractivity contribution in [1.82, 2.24) is 0 Å². The van der Waals surface area contributed by atoms with Gasteiger partial charge in [0, 0.05) is 6.61 Å². The van der Waals surface area contributed by atoms with Crippen LogP contribution < -0.4 is 0 Å². The molecule has 0 aliphatic carbocycles. The minimum atomic E-state index is -0.0736. The highest BCUT2D eigenvalue weighted by Gasteiger charge is 2.16. The van der Waals surface area contributed by atoms with Gasteiger partial charge in [-0.15, -0.1) is 0 Å². The van der Waals surface area contributed by atoms with E-state index in [4.69, 9.17) is 14.2 Å². The van der Waals surface area contributed by atoms with Crippen molar-refractivity contribution in [3.8, 4) is 0 Å². The van der Waals surface area contributed by atoms with E-state index in [9.17, 15) is 4.79 Å². The number of ether oxygens (including phenoxy) is 3. The number of rotatable bonds is 20. The fraction of sp³-hybridized carbons (Fsp3) is 0.955. The first-order valence-corrected chi connectivity index (χ1v) is 11.1. The van der Waals surface area contributed by atoms with Crippen molar-refractivity contribution in [2.24, 2.45) is 5.92 Å². The monoisotopic (exact) mass is 372 g/mol. The van der Waals surface area contributed by atoms with Gasteiger partial charge in [-0.3, -0.25) is 4.79 Å². The average molecular weight is 373 g/mol.